The fraction of sp³-hybridized carbons (Fsp3) is 0.176. The zero-order valence-corrected chi connectivity index (χ0v) is 25.8. The van der Waals surface area contributed by atoms with E-state index >= 15 is 0 Å². The number of nitro groups is 1. The lowest BCUT2D eigenvalue weighted by molar-refractivity contribution is -0.386. The van der Waals surface area contributed by atoms with E-state index < -0.39 is 39.6 Å². The van der Waals surface area contributed by atoms with Gasteiger partial charge >= 0.3 is 17.6 Å². The monoisotopic (exact) mass is 645 g/mol. The third-order valence-electron chi connectivity index (χ3n) is 6.50. The molecule has 0 saturated heterocycles. The summed E-state index contributed by atoms with van der Waals surface area (Å²) in [6.07, 6.45) is 0. The predicted molar refractivity (Wildman–Crippen MR) is 168 cm³/mol. The first kappa shape index (κ1) is 35.2. The maximum atomic E-state index is 12.8. The number of carbonyl (C=O) groups is 4. The van der Waals surface area contributed by atoms with Crippen molar-refractivity contribution in [1.82, 2.24) is 0 Å². The summed E-state index contributed by atoms with van der Waals surface area (Å²) in [5.74, 6) is -3.97. The molecule has 0 heterocycles. The van der Waals surface area contributed by atoms with Crippen LogP contribution in [-0.2, 0) is 9.47 Å². The number of benzene rings is 4. The molecule has 0 aliphatic heterocycles. The lowest BCUT2D eigenvalue weighted by Gasteiger charge is -2.12. The maximum absolute atomic E-state index is 12.8. The van der Waals surface area contributed by atoms with E-state index in [2.05, 4.69) is 0 Å². The molecular formula is C34H31NO12. The number of aromatic hydroxyl groups is 2. The van der Waals surface area contributed by atoms with Crippen LogP contribution in [0, 0.1) is 10.1 Å². The van der Waals surface area contributed by atoms with Gasteiger partial charge < -0.3 is 29.2 Å². The summed E-state index contributed by atoms with van der Waals surface area (Å²) in [6.45, 7) is 3.42. The highest BCUT2D eigenvalue weighted by Crippen LogP contribution is 2.42. The summed E-state index contributed by atoms with van der Waals surface area (Å²) in [4.78, 5) is 60.2. The SMILES string of the molecule is CCOC(=O)c1cc(OC)c(O)c([N+](=O)[O-])c1C(=O)c1ccccc1.CCOC(=O)c1cc(OC)c(O)cc1C(=O)c1ccccc1. The second-order valence-electron chi connectivity index (χ2n) is 9.36. The summed E-state index contributed by atoms with van der Waals surface area (Å²) in [6, 6.07) is 19.8. The standard InChI is InChI=1S/C17H15NO7.C17H16O5/c1-3-25-17(21)11-9-12(24-2)16(20)14(18(22)23)13(11)15(19)10-7-5-4-6-8-10;1-3-22-17(20)13-10-15(21-2)14(18)9-12(13)16(19)11-7-5-4-6-8-11/h4-9,20H,3H2,1-2H3;4-10,18H,3H2,1-2H3. The van der Waals surface area contributed by atoms with Crippen LogP contribution in [-0.4, -0.2) is 66.1 Å². The molecule has 0 fully saturated rings. The zero-order chi connectivity index (χ0) is 34.7. The number of ketones is 2. The molecule has 0 aromatic heterocycles. The summed E-state index contributed by atoms with van der Waals surface area (Å²) in [5.41, 5.74) is -1.13. The number of hydrogen-bond donors (Lipinski definition) is 2. The van der Waals surface area contributed by atoms with E-state index in [-0.39, 0.29) is 58.5 Å². The van der Waals surface area contributed by atoms with E-state index in [0.717, 1.165) is 6.07 Å². The van der Waals surface area contributed by atoms with Crippen LogP contribution in [0.2, 0.25) is 0 Å². The largest absolute Gasteiger partial charge is 0.504 e. The van der Waals surface area contributed by atoms with Gasteiger partial charge in [-0.1, -0.05) is 60.7 Å². The summed E-state index contributed by atoms with van der Waals surface area (Å²) in [7, 11) is 2.54. The minimum Gasteiger partial charge on any atom is -0.504 e. The smallest absolute Gasteiger partial charge is 0.339 e. The van der Waals surface area contributed by atoms with Crippen molar-refractivity contribution in [3.05, 3.63) is 122 Å². The van der Waals surface area contributed by atoms with Crippen molar-refractivity contribution in [3.8, 4) is 23.0 Å². The number of methoxy groups -OCH3 is 2. The van der Waals surface area contributed by atoms with Gasteiger partial charge in [0.2, 0.25) is 11.5 Å². The molecule has 0 aliphatic rings. The van der Waals surface area contributed by atoms with Crippen LogP contribution in [0.3, 0.4) is 0 Å². The molecule has 4 aromatic rings. The fourth-order valence-corrected chi connectivity index (χ4v) is 4.34. The van der Waals surface area contributed by atoms with E-state index in [1.54, 1.807) is 62.4 Å². The predicted octanol–water partition coefficient (Wildman–Crippen LogP) is 5.53. The number of esters is 2. The van der Waals surface area contributed by atoms with Crippen LogP contribution in [0.5, 0.6) is 23.0 Å². The topological polar surface area (TPSA) is 189 Å². The Morgan fingerprint density at radius 3 is 1.62 bits per heavy atom. The van der Waals surface area contributed by atoms with Gasteiger partial charge in [0, 0.05) is 16.7 Å². The van der Waals surface area contributed by atoms with Crippen molar-refractivity contribution >= 4 is 29.2 Å². The number of hydrogen-bond acceptors (Lipinski definition) is 12. The van der Waals surface area contributed by atoms with Crippen LogP contribution in [0.25, 0.3) is 0 Å². The fourth-order valence-electron chi connectivity index (χ4n) is 4.34. The molecule has 0 spiro atoms. The molecule has 13 heteroatoms. The third kappa shape index (κ3) is 8.08. The normalized spacial score (nSPS) is 10.1. The summed E-state index contributed by atoms with van der Waals surface area (Å²) < 4.78 is 19.7. The minimum atomic E-state index is -0.934. The highest BCUT2D eigenvalue weighted by atomic mass is 16.6. The molecule has 0 atom stereocenters. The van der Waals surface area contributed by atoms with Gasteiger partial charge in [-0.15, -0.1) is 0 Å². The zero-order valence-electron chi connectivity index (χ0n) is 25.8. The lowest BCUT2D eigenvalue weighted by Crippen LogP contribution is -2.15. The second-order valence-corrected chi connectivity index (χ2v) is 9.36. The number of ether oxygens (including phenoxy) is 4. The molecule has 0 radical (unpaired) electrons. The highest BCUT2D eigenvalue weighted by molar-refractivity contribution is 6.18. The number of phenols is 2. The Morgan fingerprint density at radius 2 is 1.15 bits per heavy atom. The molecule has 4 aromatic carbocycles. The van der Waals surface area contributed by atoms with E-state index in [9.17, 15) is 39.5 Å². The molecule has 0 bridgehead atoms. The Labute approximate surface area is 269 Å². The molecule has 0 amide bonds. The molecular weight excluding hydrogens is 614 g/mol. The average molecular weight is 646 g/mol. The number of nitro benzene ring substituents is 1. The Bertz CT molecular complexity index is 1790. The molecule has 4 rings (SSSR count). The Hall–Kier alpha value is -6.24. The molecule has 0 aliphatic carbocycles. The van der Waals surface area contributed by atoms with E-state index in [1.807, 2.05) is 0 Å². The Morgan fingerprint density at radius 1 is 0.681 bits per heavy atom. The Kier molecular flexibility index (Phi) is 12.1. The lowest BCUT2D eigenvalue weighted by atomic mass is 9.95. The van der Waals surface area contributed by atoms with Crippen LogP contribution < -0.4 is 9.47 Å². The third-order valence-corrected chi connectivity index (χ3v) is 6.50. The second kappa shape index (κ2) is 16.2. The first-order valence-corrected chi connectivity index (χ1v) is 14.0. The van der Waals surface area contributed by atoms with E-state index in [0.29, 0.717) is 5.56 Å². The first-order valence-electron chi connectivity index (χ1n) is 14.0. The van der Waals surface area contributed by atoms with Crippen molar-refractivity contribution in [2.45, 2.75) is 13.8 Å². The van der Waals surface area contributed by atoms with E-state index in [4.69, 9.17) is 18.9 Å². The van der Waals surface area contributed by atoms with Crippen molar-refractivity contribution < 1.29 is 53.3 Å². The molecule has 0 saturated carbocycles. The van der Waals surface area contributed by atoms with Gasteiger partial charge in [0.05, 0.1) is 43.5 Å². The van der Waals surface area contributed by atoms with Gasteiger partial charge in [-0.2, -0.15) is 0 Å². The quantitative estimate of drug-likeness (QED) is 0.0900. The maximum Gasteiger partial charge on any atom is 0.339 e. The summed E-state index contributed by atoms with van der Waals surface area (Å²) >= 11 is 0. The Balaban J connectivity index is 0.000000257. The van der Waals surface area contributed by atoms with Crippen molar-refractivity contribution in [1.29, 1.82) is 0 Å². The summed E-state index contributed by atoms with van der Waals surface area (Å²) in [5, 5.41) is 31.5. The van der Waals surface area contributed by atoms with Crippen molar-refractivity contribution in [2.24, 2.45) is 0 Å². The van der Waals surface area contributed by atoms with Gasteiger partial charge in [0.1, 0.15) is 5.56 Å². The van der Waals surface area contributed by atoms with Gasteiger partial charge in [-0.3, -0.25) is 19.7 Å². The number of nitrogens with zero attached hydrogens (tertiary/aromatic N) is 1. The van der Waals surface area contributed by atoms with Crippen molar-refractivity contribution in [3.63, 3.8) is 0 Å². The molecule has 0 unspecified atom stereocenters. The highest BCUT2D eigenvalue weighted by Gasteiger charge is 2.35. The van der Waals surface area contributed by atoms with Gasteiger partial charge in [-0.05, 0) is 32.0 Å². The first-order chi connectivity index (χ1) is 22.5. The molecule has 2 N–H and O–H groups in total. The number of rotatable bonds is 11. The molecule has 13 nitrogen and oxygen atoms in total. The minimum absolute atomic E-state index is 0.00872. The van der Waals surface area contributed by atoms with Gasteiger partial charge in [-0.25, -0.2) is 9.59 Å². The van der Waals surface area contributed by atoms with Crippen LogP contribution in [0.15, 0.2) is 78.9 Å². The van der Waals surface area contributed by atoms with Gasteiger partial charge in [0.25, 0.3) is 0 Å². The van der Waals surface area contributed by atoms with E-state index in [1.165, 1.54) is 38.5 Å². The van der Waals surface area contributed by atoms with Crippen LogP contribution in [0.4, 0.5) is 5.69 Å². The van der Waals surface area contributed by atoms with Crippen molar-refractivity contribution in [2.75, 3.05) is 27.4 Å². The molecule has 47 heavy (non-hydrogen) atoms. The molecule has 244 valence electrons. The van der Waals surface area contributed by atoms with Gasteiger partial charge in [0.15, 0.2) is 23.0 Å². The van der Waals surface area contributed by atoms with Crippen LogP contribution in [0.1, 0.15) is 66.4 Å². The number of phenolic OH excluding ortho intramolecular Hbond substituents is 2. The van der Waals surface area contributed by atoms with Crippen LogP contribution >= 0.6 is 0 Å². The number of carbonyl (C=O) groups excluding carboxylic acids is 4. The average Bonchev–Trinajstić information content (AvgIpc) is 3.08.